The van der Waals surface area contributed by atoms with E-state index in [0.29, 0.717) is 5.56 Å². The third kappa shape index (κ3) is 6.74. The summed E-state index contributed by atoms with van der Waals surface area (Å²) in [5, 5.41) is 18.9. The molecule has 0 saturated heterocycles. The number of carboxylic acids is 1. The van der Waals surface area contributed by atoms with Gasteiger partial charge in [-0.2, -0.15) is 5.26 Å². The lowest BCUT2D eigenvalue weighted by atomic mass is 10.0. The first kappa shape index (κ1) is 35.9. The molecule has 5 heterocycles. The highest BCUT2D eigenvalue weighted by Crippen LogP contribution is 2.38. The van der Waals surface area contributed by atoms with Crippen LogP contribution in [0.1, 0.15) is 45.0 Å². The van der Waals surface area contributed by atoms with E-state index in [0.717, 1.165) is 100 Å². The number of aromatic nitrogens is 4. The van der Waals surface area contributed by atoms with E-state index >= 15 is 0 Å². The van der Waals surface area contributed by atoms with Crippen LogP contribution < -0.4 is 0 Å². The third-order valence-corrected chi connectivity index (χ3v) is 10.6. The summed E-state index contributed by atoms with van der Waals surface area (Å²) >= 11 is 0. The summed E-state index contributed by atoms with van der Waals surface area (Å²) in [5.74, 6) is -1.27. The number of nitriles is 1. The molecule has 58 heavy (non-hydrogen) atoms. The van der Waals surface area contributed by atoms with Crippen molar-refractivity contribution in [2.45, 2.75) is 20.8 Å². The minimum Gasteiger partial charge on any atom is -0.477 e. The van der Waals surface area contributed by atoms with Crippen LogP contribution in [0, 0.1) is 32.1 Å². The first-order valence-corrected chi connectivity index (χ1v) is 19.1. The number of carboxylic acid groups (broad SMARTS) is 1. The van der Waals surface area contributed by atoms with Gasteiger partial charge in [-0.3, -0.25) is 0 Å². The Hall–Kier alpha value is -7.82. The second-order valence-corrected chi connectivity index (χ2v) is 14.7. The first-order valence-electron chi connectivity index (χ1n) is 19.1. The van der Waals surface area contributed by atoms with E-state index in [-0.39, 0.29) is 5.57 Å². The zero-order valence-electron chi connectivity index (χ0n) is 32.1. The maximum absolute atomic E-state index is 11.6. The summed E-state index contributed by atoms with van der Waals surface area (Å²) in [6.45, 7) is 6.26. The summed E-state index contributed by atoms with van der Waals surface area (Å²) in [7, 11) is 0. The van der Waals surface area contributed by atoms with Gasteiger partial charge in [0.2, 0.25) is 0 Å². The van der Waals surface area contributed by atoms with Gasteiger partial charge in [0.15, 0.2) is 0 Å². The monoisotopic (exact) mass is 751 g/mol. The molecule has 2 aliphatic heterocycles. The molecule has 0 unspecified atom stereocenters. The van der Waals surface area contributed by atoms with E-state index in [1.807, 2.05) is 30.3 Å². The van der Waals surface area contributed by atoms with Crippen LogP contribution in [0.25, 0.3) is 97.0 Å². The van der Waals surface area contributed by atoms with E-state index in [2.05, 4.69) is 146 Å². The van der Waals surface area contributed by atoms with Crippen molar-refractivity contribution in [3.05, 3.63) is 172 Å². The number of rotatable bonds is 6. The highest BCUT2D eigenvalue weighted by Gasteiger charge is 2.19. The van der Waals surface area contributed by atoms with Crippen LogP contribution in [0.4, 0.5) is 0 Å². The van der Waals surface area contributed by atoms with Crippen LogP contribution in [0.15, 0.2) is 127 Å². The molecule has 0 amide bonds. The number of hydrogen-bond acceptors (Lipinski definition) is 4. The zero-order chi connectivity index (χ0) is 39.9. The Morgan fingerprint density at radius 3 is 1.07 bits per heavy atom. The Labute approximate surface area is 335 Å². The van der Waals surface area contributed by atoms with Gasteiger partial charge in [-0.25, -0.2) is 14.8 Å². The summed E-state index contributed by atoms with van der Waals surface area (Å²) in [5.41, 5.74) is 18.4. The van der Waals surface area contributed by atoms with Gasteiger partial charge in [0.05, 0.1) is 22.8 Å². The molecule has 8 bridgehead atoms. The van der Waals surface area contributed by atoms with Crippen molar-refractivity contribution >= 4 is 58.4 Å². The molecule has 2 aliphatic rings. The summed E-state index contributed by atoms with van der Waals surface area (Å²) in [4.78, 5) is 29.9. The molecule has 7 nitrogen and oxygen atoms in total. The molecular weight excluding hydrogens is 715 g/mol. The Kier molecular flexibility index (Phi) is 9.08. The summed E-state index contributed by atoms with van der Waals surface area (Å²) in [6.07, 6.45) is 9.69. The van der Waals surface area contributed by atoms with Crippen LogP contribution in [0.3, 0.4) is 0 Å². The van der Waals surface area contributed by atoms with Crippen LogP contribution >= 0.6 is 0 Å². The van der Waals surface area contributed by atoms with Gasteiger partial charge in [0.25, 0.3) is 0 Å². The number of hydrogen-bond donors (Lipinski definition) is 3. The molecule has 278 valence electrons. The maximum atomic E-state index is 11.6. The number of nitrogens with one attached hydrogen (secondary N) is 2. The smallest absolute Gasteiger partial charge is 0.346 e. The fourth-order valence-corrected chi connectivity index (χ4v) is 7.64. The lowest BCUT2D eigenvalue weighted by Crippen LogP contribution is -1.97. The van der Waals surface area contributed by atoms with Gasteiger partial charge in [-0.15, -0.1) is 0 Å². The average molecular weight is 752 g/mol. The van der Waals surface area contributed by atoms with Crippen LogP contribution in [-0.2, 0) is 4.79 Å². The number of aryl methyl sites for hydroxylation is 3. The maximum Gasteiger partial charge on any atom is 0.346 e. The van der Waals surface area contributed by atoms with E-state index in [4.69, 9.17) is 9.97 Å². The van der Waals surface area contributed by atoms with Crippen LogP contribution in [0.5, 0.6) is 0 Å². The molecule has 7 aromatic rings. The minimum atomic E-state index is -1.27. The van der Waals surface area contributed by atoms with Crippen molar-refractivity contribution < 1.29 is 9.90 Å². The average Bonchev–Trinajstić information content (AvgIpc) is 4.07. The van der Waals surface area contributed by atoms with Gasteiger partial charge in [-0.05, 0) is 103 Å². The number of aromatic amines is 2. The Balaban J connectivity index is 1.41. The Bertz CT molecular complexity index is 3040. The topological polar surface area (TPSA) is 118 Å². The molecule has 0 radical (unpaired) electrons. The van der Waals surface area contributed by atoms with Gasteiger partial charge in [0.1, 0.15) is 11.6 Å². The SMILES string of the molecule is Cc1ccc(-c2c3nc(c(-c4ccc(C)cc4)c4ccc([nH]4)c(-c4ccc(/C=C(/C#N)C(=O)O)cc4)c4nc(c(-c5ccc(C)cc5)c5ccc2[nH]5)C=C4)C=C3)cc1. The van der Waals surface area contributed by atoms with E-state index in [9.17, 15) is 15.2 Å². The number of aliphatic carboxylic acids is 1. The molecular formula is C51H37N5O2. The fraction of sp³-hybridized carbons (Fsp3) is 0.0588. The van der Waals surface area contributed by atoms with Crippen molar-refractivity contribution in [3.8, 4) is 50.6 Å². The van der Waals surface area contributed by atoms with Gasteiger partial charge < -0.3 is 15.1 Å². The van der Waals surface area contributed by atoms with E-state index in [1.54, 1.807) is 6.07 Å². The molecule has 0 spiro atoms. The Morgan fingerprint density at radius 2 is 0.793 bits per heavy atom. The van der Waals surface area contributed by atoms with Crippen molar-refractivity contribution in [1.82, 2.24) is 19.9 Å². The highest BCUT2D eigenvalue weighted by atomic mass is 16.4. The second kappa shape index (κ2) is 14.7. The van der Waals surface area contributed by atoms with Crippen LogP contribution in [-0.4, -0.2) is 31.0 Å². The summed E-state index contributed by atoms with van der Waals surface area (Å²) in [6, 6.07) is 43.3. The molecule has 4 aromatic carbocycles. The molecule has 0 atom stereocenters. The lowest BCUT2D eigenvalue weighted by molar-refractivity contribution is -0.132. The number of fused-ring (bicyclic) bond motifs is 8. The molecule has 9 rings (SSSR count). The molecule has 0 aliphatic carbocycles. The van der Waals surface area contributed by atoms with E-state index in [1.165, 1.54) is 11.6 Å². The van der Waals surface area contributed by atoms with Gasteiger partial charge >= 0.3 is 5.97 Å². The van der Waals surface area contributed by atoms with Crippen molar-refractivity contribution in [3.63, 3.8) is 0 Å². The molecule has 3 aromatic heterocycles. The molecule has 0 fully saturated rings. The standard InChI is InChI=1S/C51H37N5O2/c1-30-4-12-34(13-5-30)47-39-20-22-41(53-39)48(35-14-6-31(2)7-15-35)43-24-26-45(55-43)50(37-18-10-33(11-19-37)28-38(29-52)51(57)58)46-27-25-44(56-46)49(42-23-21-40(47)54-42)36-16-8-32(3)9-17-36/h4-28,53,56H,1-3H3,(H,57,58)/b38-28-,47-39?,47-40?,48-41?,48-43?,49-42?,49-44?,50-45?,50-46?. The van der Waals surface area contributed by atoms with Crippen molar-refractivity contribution in [1.29, 1.82) is 5.26 Å². The number of carbonyl (C=O) groups is 1. The molecule has 0 saturated carbocycles. The first-order chi connectivity index (χ1) is 28.2. The van der Waals surface area contributed by atoms with Gasteiger partial charge in [0, 0.05) is 44.3 Å². The largest absolute Gasteiger partial charge is 0.477 e. The predicted molar refractivity (Wildman–Crippen MR) is 236 cm³/mol. The zero-order valence-corrected chi connectivity index (χ0v) is 32.1. The van der Waals surface area contributed by atoms with Gasteiger partial charge in [-0.1, -0.05) is 114 Å². The third-order valence-electron chi connectivity index (χ3n) is 10.6. The van der Waals surface area contributed by atoms with E-state index < -0.39 is 5.97 Å². The minimum absolute atomic E-state index is 0.333. The number of benzene rings is 4. The molecule has 3 N–H and O–H groups in total. The van der Waals surface area contributed by atoms with Crippen molar-refractivity contribution in [2.75, 3.05) is 0 Å². The Morgan fingerprint density at radius 1 is 0.500 bits per heavy atom. The quantitative estimate of drug-likeness (QED) is 0.115. The number of H-pyrrole nitrogens is 2. The summed E-state index contributed by atoms with van der Waals surface area (Å²) < 4.78 is 0. The van der Waals surface area contributed by atoms with Crippen LogP contribution in [0.2, 0.25) is 0 Å². The normalized spacial score (nSPS) is 12.1. The second-order valence-electron chi connectivity index (χ2n) is 14.7. The van der Waals surface area contributed by atoms with Crippen molar-refractivity contribution in [2.24, 2.45) is 0 Å². The molecule has 7 heteroatoms. The predicted octanol–water partition coefficient (Wildman–Crippen LogP) is 12.2. The fourth-order valence-electron chi connectivity index (χ4n) is 7.64. The number of nitrogens with zero attached hydrogens (tertiary/aromatic N) is 3. The lowest BCUT2D eigenvalue weighted by Gasteiger charge is -2.08. The highest BCUT2D eigenvalue weighted by molar-refractivity contribution is 6.00.